The van der Waals surface area contributed by atoms with Crippen molar-refractivity contribution >= 4 is 33.7 Å². The van der Waals surface area contributed by atoms with Gasteiger partial charge in [0.25, 0.3) is 0 Å². The average molecular weight is 413 g/mol. The zero-order valence-corrected chi connectivity index (χ0v) is 17.2. The van der Waals surface area contributed by atoms with Crippen LogP contribution in [-0.4, -0.2) is 37.7 Å². The highest BCUT2D eigenvalue weighted by molar-refractivity contribution is 7.08. The molecule has 0 spiro atoms. The number of thiophene rings is 1. The molecule has 0 atom stereocenters. The van der Waals surface area contributed by atoms with Crippen molar-refractivity contribution in [2.24, 2.45) is 0 Å². The fraction of sp³-hybridized carbons (Fsp3) is 0.217. The lowest BCUT2D eigenvalue weighted by atomic mass is 9.95. The van der Waals surface area contributed by atoms with Gasteiger partial charge in [-0.2, -0.15) is 11.3 Å². The third-order valence-corrected chi connectivity index (χ3v) is 6.55. The van der Waals surface area contributed by atoms with Gasteiger partial charge in [-0.1, -0.05) is 18.2 Å². The summed E-state index contributed by atoms with van der Waals surface area (Å²) in [5.41, 5.74) is 2.99. The average Bonchev–Trinajstić information content (AvgIpc) is 3.49. The molecule has 0 amide bonds. The summed E-state index contributed by atoms with van der Waals surface area (Å²) in [6, 6.07) is 16.4. The third kappa shape index (κ3) is 2.93. The molecule has 0 N–H and O–H groups in total. The highest BCUT2D eigenvalue weighted by atomic mass is 32.1. The number of pyridine rings is 1. The Balaban J connectivity index is 1.33. The van der Waals surface area contributed by atoms with Gasteiger partial charge >= 0.3 is 0 Å². The summed E-state index contributed by atoms with van der Waals surface area (Å²) >= 11 is 1.67. The van der Waals surface area contributed by atoms with Crippen molar-refractivity contribution in [1.29, 1.82) is 0 Å². The Bertz CT molecular complexity index is 1320. The molecule has 1 aliphatic heterocycles. The minimum absolute atomic E-state index is 0.406. The molecule has 0 bridgehead atoms. The molecule has 4 aromatic heterocycles. The monoisotopic (exact) mass is 412 g/mol. The fourth-order valence-corrected chi connectivity index (χ4v) is 4.94. The van der Waals surface area contributed by atoms with E-state index in [9.17, 15) is 0 Å². The molecule has 6 nitrogen and oxygen atoms in total. The van der Waals surface area contributed by atoms with Gasteiger partial charge in [0.2, 0.25) is 0 Å². The van der Waals surface area contributed by atoms with Crippen LogP contribution in [0.1, 0.15) is 24.6 Å². The molecule has 5 heterocycles. The summed E-state index contributed by atoms with van der Waals surface area (Å²) < 4.78 is 2.12. The molecule has 5 aromatic rings. The van der Waals surface area contributed by atoms with Crippen LogP contribution in [0.25, 0.3) is 27.9 Å². The van der Waals surface area contributed by atoms with Crippen molar-refractivity contribution in [2.75, 3.05) is 18.0 Å². The minimum Gasteiger partial charge on any atom is -0.356 e. The quantitative estimate of drug-likeness (QED) is 0.427. The van der Waals surface area contributed by atoms with Crippen LogP contribution in [0.2, 0.25) is 0 Å². The first-order valence-corrected chi connectivity index (χ1v) is 11.1. The standard InChI is InChI=1S/C23H20N6S/c1-2-6-19-18(5-1)23(25-21(24-19)17-10-14-30-15-17)28-12-8-16(9-13-28)22-27-26-20-7-3-4-11-29(20)22/h1-7,10-11,14-16H,8-9,12-13H2. The van der Waals surface area contributed by atoms with E-state index in [1.165, 1.54) is 0 Å². The molecule has 0 unspecified atom stereocenters. The third-order valence-electron chi connectivity index (χ3n) is 5.86. The van der Waals surface area contributed by atoms with Crippen LogP contribution in [0, 0.1) is 0 Å². The van der Waals surface area contributed by atoms with Gasteiger partial charge in [-0.25, -0.2) is 9.97 Å². The molecule has 0 aliphatic carbocycles. The van der Waals surface area contributed by atoms with Crippen molar-refractivity contribution in [1.82, 2.24) is 24.6 Å². The van der Waals surface area contributed by atoms with Gasteiger partial charge < -0.3 is 4.90 Å². The highest BCUT2D eigenvalue weighted by Gasteiger charge is 2.26. The molecule has 7 heteroatoms. The Morgan fingerprint density at radius 3 is 2.63 bits per heavy atom. The van der Waals surface area contributed by atoms with E-state index in [2.05, 4.69) is 60.7 Å². The maximum atomic E-state index is 4.99. The summed E-state index contributed by atoms with van der Waals surface area (Å²) in [5, 5.41) is 14.1. The summed E-state index contributed by atoms with van der Waals surface area (Å²) in [6.45, 7) is 1.88. The molecule has 30 heavy (non-hydrogen) atoms. The van der Waals surface area contributed by atoms with Gasteiger partial charge in [0.05, 0.1) is 5.52 Å². The van der Waals surface area contributed by atoms with E-state index in [1.807, 2.05) is 24.3 Å². The molecule has 6 rings (SSSR count). The summed E-state index contributed by atoms with van der Waals surface area (Å²) in [5.74, 6) is 3.31. The van der Waals surface area contributed by atoms with Crippen LogP contribution in [0.3, 0.4) is 0 Å². The molecular weight excluding hydrogens is 392 g/mol. The SMILES string of the molecule is c1ccc2c(N3CCC(c4nnc5ccccn45)CC3)nc(-c3ccsc3)nc2c1. The summed E-state index contributed by atoms with van der Waals surface area (Å²) in [6.07, 6.45) is 4.12. The van der Waals surface area contributed by atoms with Gasteiger partial charge in [0, 0.05) is 41.5 Å². The van der Waals surface area contributed by atoms with Crippen molar-refractivity contribution in [2.45, 2.75) is 18.8 Å². The second kappa shape index (κ2) is 7.18. The first-order valence-electron chi connectivity index (χ1n) is 10.2. The van der Waals surface area contributed by atoms with E-state index >= 15 is 0 Å². The van der Waals surface area contributed by atoms with Gasteiger partial charge in [-0.05, 0) is 48.6 Å². The number of para-hydroxylation sites is 1. The number of aromatic nitrogens is 5. The lowest BCUT2D eigenvalue weighted by Crippen LogP contribution is -2.34. The maximum absolute atomic E-state index is 4.99. The number of hydrogen-bond acceptors (Lipinski definition) is 6. The Hall–Kier alpha value is -3.32. The second-order valence-corrected chi connectivity index (χ2v) is 8.43. The zero-order valence-electron chi connectivity index (χ0n) is 16.3. The Morgan fingerprint density at radius 1 is 0.900 bits per heavy atom. The second-order valence-electron chi connectivity index (χ2n) is 7.65. The van der Waals surface area contributed by atoms with Crippen LogP contribution in [-0.2, 0) is 0 Å². The Labute approximate surface area is 177 Å². The first kappa shape index (κ1) is 17.5. The van der Waals surface area contributed by atoms with E-state index in [0.717, 1.165) is 65.5 Å². The van der Waals surface area contributed by atoms with Gasteiger partial charge in [0.15, 0.2) is 11.5 Å². The predicted molar refractivity (Wildman–Crippen MR) is 120 cm³/mol. The molecule has 1 aromatic carbocycles. The summed E-state index contributed by atoms with van der Waals surface area (Å²) in [4.78, 5) is 12.2. The Kier molecular flexibility index (Phi) is 4.19. The minimum atomic E-state index is 0.406. The lowest BCUT2D eigenvalue weighted by molar-refractivity contribution is 0.481. The number of fused-ring (bicyclic) bond motifs is 2. The summed E-state index contributed by atoms with van der Waals surface area (Å²) in [7, 11) is 0. The van der Waals surface area contributed by atoms with Crippen molar-refractivity contribution in [3.63, 3.8) is 0 Å². The molecule has 1 aliphatic rings. The van der Waals surface area contributed by atoms with Crippen molar-refractivity contribution < 1.29 is 0 Å². The molecular formula is C23H20N6S. The van der Waals surface area contributed by atoms with E-state index in [0.29, 0.717) is 5.92 Å². The van der Waals surface area contributed by atoms with Gasteiger partial charge in [0.1, 0.15) is 11.6 Å². The van der Waals surface area contributed by atoms with Crippen molar-refractivity contribution in [3.05, 3.63) is 71.3 Å². The van der Waals surface area contributed by atoms with E-state index in [-0.39, 0.29) is 0 Å². The number of nitrogens with zero attached hydrogens (tertiary/aromatic N) is 6. The topological polar surface area (TPSA) is 59.2 Å². The zero-order chi connectivity index (χ0) is 19.9. The van der Waals surface area contributed by atoms with E-state index in [4.69, 9.17) is 9.97 Å². The molecule has 0 saturated carbocycles. The van der Waals surface area contributed by atoms with Crippen LogP contribution < -0.4 is 4.90 Å². The molecule has 148 valence electrons. The fourth-order valence-electron chi connectivity index (χ4n) is 4.31. The van der Waals surface area contributed by atoms with Crippen LogP contribution >= 0.6 is 11.3 Å². The predicted octanol–water partition coefficient (Wildman–Crippen LogP) is 4.79. The number of benzene rings is 1. The van der Waals surface area contributed by atoms with E-state index < -0.39 is 0 Å². The number of anilines is 1. The highest BCUT2D eigenvalue weighted by Crippen LogP contribution is 2.33. The van der Waals surface area contributed by atoms with E-state index in [1.54, 1.807) is 11.3 Å². The largest absolute Gasteiger partial charge is 0.356 e. The first-order chi connectivity index (χ1) is 14.9. The van der Waals surface area contributed by atoms with Gasteiger partial charge in [-0.15, -0.1) is 10.2 Å². The van der Waals surface area contributed by atoms with Crippen molar-refractivity contribution in [3.8, 4) is 11.4 Å². The van der Waals surface area contributed by atoms with Gasteiger partial charge in [-0.3, -0.25) is 4.40 Å². The molecule has 0 radical (unpaired) electrons. The lowest BCUT2D eigenvalue weighted by Gasteiger charge is -2.32. The number of hydrogen-bond donors (Lipinski definition) is 0. The van der Waals surface area contributed by atoms with Crippen LogP contribution in [0.4, 0.5) is 5.82 Å². The van der Waals surface area contributed by atoms with Crippen LogP contribution in [0.15, 0.2) is 65.5 Å². The maximum Gasteiger partial charge on any atom is 0.162 e. The Morgan fingerprint density at radius 2 is 1.77 bits per heavy atom. The number of piperidine rings is 1. The van der Waals surface area contributed by atoms with Crippen LogP contribution in [0.5, 0.6) is 0 Å². The molecule has 1 fully saturated rings. The smallest absolute Gasteiger partial charge is 0.162 e. The normalized spacial score (nSPS) is 15.3. The number of rotatable bonds is 3. The molecule has 1 saturated heterocycles.